The molecule has 0 bridgehead atoms. The van der Waals surface area contributed by atoms with Gasteiger partial charge in [0.1, 0.15) is 0 Å². The van der Waals surface area contributed by atoms with Crippen LogP contribution in [-0.4, -0.2) is 37.5 Å². The lowest BCUT2D eigenvalue weighted by atomic mass is 10.0. The monoisotopic (exact) mass is 252 g/mol. The van der Waals surface area contributed by atoms with E-state index in [1.165, 1.54) is 19.3 Å². The Balaban J connectivity index is 2.02. The summed E-state index contributed by atoms with van der Waals surface area (Å²) in [7, 11) is 1.93. The molecule has 18 heavy (non-hydrogen) atoms. The van der Waals surface area contributed by atoms with Gasteiger partial charge in [-0.25, -0.2) is 0 Å². The molecule has 0 aromatic carbocycles. The largest absolute Gasteiger partial charge is 0.346 e. The lowest BCUT2D eigenvalue weighted by molar-refractivity contribution is -0.130. The molecule has 1 fully saturated rings. The highest BCUT2D eigenvalue weighted by atomic mass is 16.2. The maximum absolute atomic E-state index is 11.9. The summed E-state index contributed by atoms with van der Waals surface area (Å²) >= 11 is 0. The van der Waals surface area contributed by atoms with Crippen molar-refractivity contribution in [2.45, 2.75) is 44.9 Å². The third kappa shape index (κ3) is 6.20. The molecule has 0 aromatic heterocycles. The minimum Gasteiger partial charge on any atom is -0.346 e. The van der Waals surface area contributed by atoms with Crippen molar-refractivity contribution in [1.29, 1.82) is 0 Å². The van der Waals surface area contributed by atoms with Crippen molar-refractivity contribution < 1.29 is 4.79 Å². The fourth-order valence-electron chi connectivity index (χ4n) is 2.42. The summed E-state index contributed by atoms with van der Waals surface area (Å²) in [4.78, 5) is 13.8. The molecular formula is C15H28N2O. The van der Waals surface area contributed by atoms with Crippen molar-refractivity contribution in [2.75, 3.05) is 26.7 Å². The number of hydrogen-bond donors (Lipinski definition) is 1. The molecule has 1 rings (SSSR count). The molecule has 0 radical (unpaired) electrons. The predicted molar refractivity (Wildman–Crippen MR) is 76.5 cm³/mol. The van der Waals surface area contributed by atoms with Crippen LogP contribution in [0.1, 0.15) is 44.9 Å². The van der Waals surface area contributed by atoms with E-state index in [0.717, 1.165) is 51.2 Å². The van der Waals surface area contributed by atoms with Crippen molar-refractivity contribution in [2.24, 2.45) is 5.92 Å². The first kappa shape index (κ1) is 15.2. The van der Waals surface area contributed by atoms with Gasteiger partial charge in [-0.1, -0.05) is 12.5 Å². The number of nitrogens with zero attached hydrogens (tertiary/aromatic N) is 1. The second-order valence-electron chi connectivity index (χ2n) is 5.35. The van der Waals surface area contributed by atoms with Crippen molar-refractivity contribution in [3.8, 4) is 0 Å². The van der Waals surface area contributed by atoms with Crippen LogP contribution in [0.3, 0.4) is 0 Å². The fourth-order valence-corrected chi connectivity index (χ4v) is 2.42. The Labute approximate surface area is 112 Å². The van der Waals surface area contributed by atoms with Gasteiger partial charge < -0.3 is 10.2 Å². The van der Waals surface area contributed by atoms with Crippen LogP contribution in [0.4, 0.5) is 0 Å². The fraction of sp³-hybridized carbons (Fsp3) is 0.800. The van der Waals surface area contributed by atoms with Crippen molar-refractivity contribution >= 4 is 5.91 Å². The predicted octanol–water partition coefficient (Wildman–Crippen LogP) is 2.58. The number of amides is 1. The highest BCUT2D eigenvalue weighted by Gasteiger charge is 2.16. The SMILES string of the molecule is C=CCCCCCN(C)C(=O)CCC1CCNC1. The number of carbonyl (C=O) groups excluding carboxylic acids is 1. The van der Waals surface area contributed by atoms with Crippen LogP contribution in [0.15, 0.2) is 12.7 Å². The molecular weight excluding hydrogens is 224 g/mol. The van der Waals surface area contributed by atoms with Gasteiger partial charge in [-0.05, 0) is 51.1 Å². The summed E-state index contributed by atoms with van der Waals surface area (Å²) in [6.45, 7) is 6.83. The Morgan fingerprint density at radius 1 is 1.44 bits per heavy atom. The van der Waals surface area contributed by atoms with Gasteiger partial charge >= 0.3 is 0 Å². The molecule has 1 N–H and O–H groups in total. The quantitative estimate of drug-likeness (QED) is 0.505. The van der Waals surface area contributed by atoms with Gasteiger partial charge in [0.15, 0.2) is 0 Å². The third-order valence-corrected chi connectivity index (χ3v) is 3.76. The van der Waals surface area contributed by atoms with Gasteiger partial charge in [0.25, 0.3) is 0 Å². The number of carbonyl (C=O) groups is 1. The average molecular weight is 252 g/mol. The summed E-state index contributed by atoms with van der Waals surface area (Å²) < 4.78 is 0. The van der Waals surface area contributed by atoms with Crippen LogP contribution in [0.5, 0.6) is 0 Å². The summed E-state index contributed by atoms with van der Waals surface area (Å²) in [6.07, 6.45) is 9.55. The van der Waals surface area contributed by atoms with Gasteiger partial charge in [0, 0.05) is 20.0 Å². The Kier molecular flexibility index (Phi) is 7.74. The zero-order chi connectivity index (χ0) is 13.2. The van der Waals surface area contributed by atoms with Crippen LogP contribution in [-0.2, 0) is 4.79 Å². The maximum atomic E-state index is 11.9. The first-order valence-corrected chi connectivity index (χ1v) is 7.29. The second-order valence-corrected chi connectivity index (χ2v) is 5.35. The van der Waals surface area contributed by atoms with E-state index in [-0.39, 0.29) is 0 Å². The smallest absolute Gasteiger partial charge is 0.222 e. The first-order valence-electron chi connectivity index (χ1n) is 7.29. The molecule has 1 aliphatic heterocycles. The van der Waals surface area contributed by atoms with Gasteiger partial charge in [-0.15, -0.1) is 6.58 Å². The molecule has 0 saturated carbocycles. The Morgan fingerprint density at radius 2 is 2.28 bits per heavy atom. The Hall–Kier alpha value is -0.830. The molecule has 1 amide bonds. The van der Waals surface area contributed by atoms with Gasteiger partial charge in [-0.2, -0.15) is 0 Å². The highest BCUT2D eigenvalue weighted by Crippen LogP contribution is 2.15. The molecule has 0 aliphatic carbocycles. The summed E-state index contributed by atoms with van der Waals surface area (Å²) in [5.74, 6) is 1.03. The third-order valence-electron chi connectivity index (χ3n) is 3.76. The van der Waals surface area contributed by atoms with Gasteiger partial charge in [-0.3, -0.25) is 4.79 Å². The summed E-state index contributed by atoms with van der Waals surface area (Å²) in [6, 6.07) is 0. The minimum absolute atomic E-state index is 0.311. The van der Waals surface area contributed by atoms with Crippen molar-refractivity contribution in [1.82, 2.24) is 10.2 Å². The van der Waals surface area contributed by atoms with E-state index in [4.69, 9.17) is 0 Å². The molecule has 104 valence electrons. The van der Waals surface area contributed by atoms with Crippen LogP contribution in [0.25, 0.3) is 0 Å². The zero-order valence-electron chi connectivity index (χ0n) is 11.8. The zero-order valence-corrected chi connectivity index (χ0v) is 11.8. The van der Waals surface area contributed by atoms with Crippen LogP contribution < -0.4 is 5.32 Å². The lowest BCUT2D eigenvalue weighted by Gasteiger charge is -2.18. The molecule has 0 aromatic rings. The second kappa shape index (κ2) is 9.15. The van der Waals surface area contributed by atoms with Crippen LogP contribution in [0.2, 0.25) is 0 Å². The number of hydrogen-bond acceptors (Lipinski definition) is 2. The average Bonchev–Trinajstić information content (AvgIpc) is 2.88. The van der Waals surface area contributed by atoms with Gasteiger partial charge in [0.05, 0.1) is 0 Å². The molecule has 0 spiro atoms. The number of nitrogens with one attached hydrogen (secondary N) is 1. The van der Waals surface area contributed by atoms with E-state index in [0.29, 0.717) is 5.91 Å². The molecule has 1 unspecified atom stereocenters. The van der Waals surface area contributed by atoms with E-state index in [1.807, 2.05) is 18.0 Å². The van der Waals surface area contributed by atoms with E-state index in [9.17, 15) is 4.79 Å². The molecule has 3 nitrogen and oxygen atoms in total. The molecule has 1 aliphatic rings. The maximum Gasteiger partial charge on any atom is 0.222 e. The Bertz CT molecular complexity index is 247. The normalized spacial score (nSPS) is 18.8. The summed E-state index contributed by atoms with van der Waals surface area (Å²) in [5.41, 5.74) is 0. The van der Waals surface area contributed by atoms with Crippen LogP contribution >= 0.6 is 0 Å². The standard InChI is InChI=1S/C15H28N2O/c1-3-4-5-6-7-12-17(2)15(18)9-8-14-10-11-16-13-14/h3,14,16H,1,4-13H2,2H3. The highest BCUT2D eigenvalue weighted by molar-refractivity contribution is 5.75. The van der Waals surface area contributed by atoms with Crippen molar-refractivity contribution in [3.05, 3.63) is 12.7 Å². The van der Waals surface area contributed by atoms with Crippen LogP contribution in [0, 0.1) is 5.92 Å². The number of unbranched alkanes of at least 4 members (excludes halogenated alkanes) is 3. The summed E-state index contributed by atoms with van der Waals surface area (Å²) in [5, 5.41) is 3.35. The Morgan fingerprint density at radius 3 is 2.94 bits per heavy atom. The lowest BCUT2D eigenvalue weighted by Crippen LogP contribution is -2.28. The number of allylic oxidation sites excluding steroid dienone is 1. The first-order chi connectivity index (χ1) is 8.74. The molecule has 1 heterocycles. The van der Waals surface area contributed by atoms with E-state index in [1.54, 1.807) is 0 Å². The molecule has 1 saturated heterocycles. The molecule has 1 atom stereocenters. The minimum atomic E-state index is 0.311. The van der Waals surface area contributed by atoms with E-state index < -0.39 is 0 Å². The van der Waals surface area contributed by atoms with Crippen molar-refractivity contribution in [3.63, 3.8) is 0 Å². The van der Waals surface area contributed by atoms with E-state index >= 15 is 0 Å². The topological polar surface area (TPSA) is 32.3 Å². The van der Waals surface area contributed by atoms with E-state index in [2.05, 4.69) is 11.9 Å². The molecule has 3 heteroatoms. The number of rotatable bonds is 9. The van der Waals surface area contributed by atoms with Gasteiger partial charge in [0.2, 0.25) is 5.91 Å².